The maximum Gasteiger partial charge on any atom is 0.338 e. The number of hydrazine groups is 1. The maximum absolute atomic E-state index is 12.0. The van der Waals surface area contributed by atoms with E-state index in [1.807, 2.05) is 0 Å². The fourth-order valence-electron chi connectivity index (χ4n) is 2.47. The molecule has 0 saturated carbocycles. The van der Waals surface area contributed by atoms with Gasteiger partial charge in [-0.2, -0.15) is 0 Å². The molecule has 0 aliphatic rings. The lowest BCUT2D eigenvalue weighted by molar-refractivity contribution is -0.149. The molecule has 180 valence electrons. The zero-order valence-electron chi connectivity index (χ0n) is 18.6. The third kappa shape index (κ3) is 9.41. The van der Waals surface area contributed by atoms with E-state index >= 15 is 0 Å². The summed E-state index contributed by atoms with van der Waals surface area (Å²) in [5.41, 5.74) is 5.46. The van der Waals surface area contributed by atoms with E-state index in [0.717, 1.165) is 4.47 Å². The SMILES string of the molecule is CC(C)OC(=O)c1ccc(NC(=O)CCC(=O)OCC(=O)NNC(=O)c2ccc(Br)cc2)cc1. The Morgan fingerprint density at radius 3 is 2.06 bits per heavy atom. The largest absolute Gasteiger partial charge is 0.459 e. The van der Waals surface area contributed by atoms with E-state index in [1.54, 1.807) is 50.2 Å². The highest BCUT2D eigenvalue weighted by Gasteiger charge is 2.13. The molecule has 0 aliphatic heterocycles. The number of hydrogen-bond acceptors (Lipinski definition) is 7. The fraction of sp³-hybridized carbons (Fsp3) is 0.261. The Bertz CT molecular complexity index is 1040. The van der Waals surface area contributed by atoms with Crippen LogP contribution in [0.15, 0.2) is 53.0 Å². The summed E-state index contributed by atoms with van der Waals surface area (Å²) in [5.74, 6) is -2.93. The summed E-state index contributed by atoms with van der Waals surface area (Å²) in [6.07, 6.45) is -0.658. The van der Waals surface area contributed by atoms with Crippen LogP contribution in [0.3, 0.4) is 0 Å². The molecule has 2 rings (SSSR count). The van der Waals surface area contributed by atoms with E-state index in [0.29, 0.717) is 16.8 Å². The molecule has 2 aromatic rings. The molecule has 34 heavy (non-hydrogen) atoms. The predicted octanol–water partition coefficient (Wildman–Crippen LogP) is 2.74. The summed E-state index contributed by atoms with van der Waals surface area (Å²) < 4.78 is 10.7. The minimum atomic E-state index is -0.753. The van der Waals surface area contributed by atoms with Crippen molar-refractivity contribution in [3.63, 3.8) is 0 Å². The molecule has 3 amide bonds. The number of halogens is 1. The predicted molar refractivity (Wildman–Crippen MR) is 126 cm³/mol. The number of anilines is 1. The molecule has 0 radical (unpaired) electrons. The Balaban J connectivity index is 1.66. The summed E-state index contributed by atoms with van der Waals surface area (Å²) in [5, 5.41) is 2.59. The number of esters is 2. The summed E-state index contributed by atoms with van der Waals surface area (Å²) in [6.45, 7) is 2.87. The Hall–Kier alpha value is -3.73. The molecule has 0 fully saturated rings. The molecule has 11 heteroatoms. The van der Waals surface area contributed by atoms with Crippen molar-refractivity contribution in [2.24, 2.45) is 0 Å². The third-order valence-electron chi connectivity index (χ3n) is 4.09. The van der Waals surface area contributed by atoms with Crippen LogP contribution in [0.2, 0.25) is 0 Å². The van der Waals surface area contributed by atoms with E-state index in [9.17, 15) is 24.0 Å². The summed E-state index contributed by atoms with van der Waals surface area (Å²) in [4.78, 5) is 59.2. The van der Waals surface area contributed by atoms with Gasteiger partial charge in [0.2, 0.25) is 5.91 Å². The smallest absolute Gasteiger partial charge is 0.338 e. The molecule has 2 aromatic carbocycles. The highest BCUT2D eigenvalue weighted by Crippen LogP contribution is 2.12. The topological polar surface area (TPSA) is 140 Å². The maximum atomic E-state index is 12.0. The third-order valence-corrected chi connectivity index (χ3v) is 4.62. The van der Waals surface area contributed by atoms with Crippen LogP contribution < -0.4 is 16.2 Å². The van der Waals surface area contributed by atoms with E-state index in [-0.39, 0.29) is 18.9 Å². The van der Waals surface area contributed by atoms with Crippen LogP contribution >= 0.6 is 15.9 Å². The minimum absolute atomic E-state index is 0.169. The first-order valence-corrected chi connectivity index (χ1v) is 11.0. The van der Waals surface area contributed by atoms with Gasteiger partial charge in [-0.05, 0) is 62.4 Å². The highest BCUT2D eigenvalue weighted by atomic mass is 79.9. The van der Waals surface area contributed by atoms with Gasteiger partial charge in [0, 0.05) is 22.1 Å². The second-order valence-corrected chi connectivity index (χ2v) is 8.17. The van der Waals surface area contributed by atoms with Crippen molar-refractivity contribution in [3.05, 3.63) is 64.1 Å². The first kappa shape index (κ1) is 26.5. The number of benzene rings is 2. The highest BCUT2D eigenvalue weighted by molar-refractivity contribution is 9.10. The van der Waals surface area contributed by atoms with Crippen molar-refractivity contribution in [3.8, 4) is 0 Å². The molecule has 0 aromatic heterocycles. The molecule has 0 saturated heterocycles. The molecular weight excluding hydrogens is 510 g/mol. The monoisotopic (exact) mass is 533 g/mol. The molecule has 0 atom stereocenters. The van der Waals surface area contributed by atoms with Crippen molar-refractivity contribution in [2.75, 3.05) is 11.9 Å². The molecule has 3 N–H and O–H groups in total. The zero-order chi connectivity index (χ0) is 25.1. The van der Waals surface area contributed by atoms with E-state index in [2.05, 4.69) is 32.1 Å². The molecule has 0 heterocycles. The number of carbonyl (C=O) groups is 5. The van der Waals surface area contributed by atoms with Crippen LogP contribution in [-0.4, -0.2) is 42.4 Å². The normalized spacial score (nSPS) is 10.2. The van der Waals surface area contributed by atoms with Gasteiger partial charge in [-0.15, -0.1) is 0 Å². The molecule has 0 unspecified atom stereocenters. The van der Waals surface area contributed by atoms with Gasteiger partial charge < -0.3 is 14.8 Å². The molecule has 0 bridgehead atoms. The van der Waals surface area contributed by atoms with Gasteiger partial charge >= 0.3 is 11.9 Å². The lowest BCUT2D eigenvalue weighted by atomic mass is 10.2. The second kappa shape index (κ2) is 13.1. The number of ether oxygens (including phenoxy) is 2. The molecule has 0 spiro atoms. The lowest BCUT2D eigenvalue weighted by Crippen LogP contribution is -2.43. The first-order valence-electron chi connectivity index (χ1n) is 10.3. The number of nitrogens with one attached hydrogen (secondary N) is 3. The van der Waals surface area contributed by atoms with Crippen molar-refractivity contribution >= 4 is 51.3 Å². The van der Waals surface area contributed by atoms with Crippen LogP contribution in [0.5, 0.6) is 0 Å². The molecule has 0 aliphatic carbocycles. The van der Waals surface area contributed by atoms with Crippen LogP contribution in [0, 0.1) is 0 Å². The zero-order valence-corrected chi connectivity index (χ0v) is 20.1. The number of amides is 3. The van der Waals surface area contributed by atoms with Gasteiger partial charge in [0.05, 0.1) is 18.1 Å². The van der Waals surface area contributed by atoms with Gasteiger partial charge in [0.1, 0.15) is 0 Å². The molecular formula is C23H24BrN3O7. The van der Waals surface area contributed by atoms with Crippen LogP contribution in [-0.2, 0) is 23.9 Å². The van der Waals surface area contributed by atoms with Crippen molar-refractivity contribution in [2.45, 2.75) is 32.8 Å². The van der Waals surface area contributed by atoms with Gasteiger partial charge in [0.25, 0.3) is 11.8 Å². The lowest BCUT2D eigenvalue weighted by Gasteiger charge is -2.09. The van der Waals surface area contributed by atoms with Gasteiger partial charge in [0.15, 0.2) is 6.61 Å². The summed E-state index contributed by atoms with van der Waals surface area (Å²) in [7, 11) is 0. The molecule has 10 nitrogen and oxygen atoms in total. The van der Waals surface area contributed by atoms with Crippen molar-refractivity contribution < 1.29 is 33.4 Å². The summed E-state index contributed by atoms with van der Waals surface area (Å²) in [6, 6.07) is 12.6. The van der Waals surface area contributed by atoms with Crippen molar-refractivity contribution in [1.82, 2.24) is 10.9 Å². The first-order chi connectivity index (χ1) is 16.1. The van der Waals surface area contributed by atoms with E-state index in [1.165, 1.54) is 12.1 Å². The quantitative estimate of drug-likeness (QED) is 0.332. The fourth-order valence-corrected chi connectivity index (χ4v) is 2.73. The Morgan fingerprint density at radius 1 is 0.824 bits per heavy atom. The standard InChI is InChI=1S/C23H24BrN3O7/c1-14(2)34-23(32)16-5-9-18(10-6-16)25-19(28)11-12-21(30)33-13-20(29)26-27-22(31)15-3-7-17(24)8-4-15/h3-10,14H,11-13H2,1-2H3,(H,25,28)(H,26,29)(H,27,31). The average Bonchev–Trinajstić information content (AvgIpc) is 2.80. The Labute approximate surface area is 204 Å². The Kier molecular flexibility index (Phi) is 10.2. The number of rotatable bonds is 9. The minimum Gasteiger partial charge on any atom is -0.459 e. The second-order valence-electron chi connectivity index (χ2n) is 7.25. The van der Waals surface area contributed by atoms with E-state index in [4.69, 9.17) is 9.47 Å². The summed E-state index contributed by atoms with van der Waals surface area (Å²) >= 11 is 3.25. The van der Waals surface area contributed by atoms with Gasteiger partial charge in [-0.25, -0.2) is 4.79 Å². The van der Waals surface area contributed by atoms with Gasteiger partial charge in [-0.1, -0.05) is 15.9 Å². The average molecular weight is 534 g/mol. The van der Waals surface area contributed by atoms with Gasteiger partial charge in [-0.3, -0.25) is 30.0 Å². The number of carbonyl (C=O) groups excluding carboxylic acids is 5. The van der Waals surface area contributed by atoms with Crippen LogP contribution in [0.1, 0.15) is 47.4 Å². The van der Waals surface area contributed by atoms with Crippen LogP contribution in [0.25, 0.3) is 0 Å². The number of hydrogen-bond donors (Lipinski definition) is 3. The van der Waals surface area contributed by atoms with E-state index < -0.39 is 36.3 Å². The Morgan fingerprint density at radius 2 is 1.44 bits per heavy atom. The van der Waals surface area contributed by atoms with Crippen molar-refractivity contribution in [1.29, 1.82) is 0 Å². The van der Waals surface area contributed by atoms with Crippen LogP contribution in [0.4, 0.5) is 5.69 Å².